The molecular formula is C22H25N5O3S. The molecule has 162 valence electrons. The number of amides is 1. The van der Waals surface area contributed by atoms with Gasteiger partial charge in [-0.15, -0.1) is 11.3 Å². The first-order chi connectivity index (χ1) is 15.1. The summed E-state index contributed by atoms with van der Waals surface area (Å²) in [6.07, 6.45) is 2.45. The lowest BCUT2D eigenvalue weighted by Gasteiger charge is -2.36. The van der Waals surface area contributed by atoms with Gasteiger partial charge in [-0.05, 0) is 32.0 Å². The third-order valence-corrected chi connectivity index (χ3v) is 6.84. The molecule has 0 N–H and O–H groups in total. The molecule has 2 saturated heterocycles. The molecule has 5 rings (SSSR count). The van der Waals surface area contributed by atoms with Crippen LogP contribution in [0.3, 0.4) is 0 Å². The molecule has 0 spiro atoms. The van der Waals surface area contributed by atoms with E-state index in [1.165, 1.54) is 11.3 Å². The Morgan fingerprint density at radius 2 is 2.03 bits per heavy atom. The Morgan fingerprint density at radius 3 is 2.74 bits per heavy atom. The molecule has 1 unspecified atom stereocenters. The van der Waals surface area contributed by atoms with Gasteiger partial charge < -0.3 is 19.3 Å². The maximum atomic E-state index is 12.9. The second-order valence-electron chi connectivity index (χ2n) is 7.91. The number of benzene rings is 1. The van der Waals surface area contributed by atoms with Crippen molar-refractivity contribution in [3.8, 4) is 5.88 Å². The van der Waals surface area contributed by atoms with E-state index in [0.29, 0.717) is 25.6 Å². The zero-order valence-electron chi connectivity index (χ0n) is 17.7. The number of rotatable bonds is 4. The number of hydrogen-bond acceptors (Lipinski definition) is 8. The van der Waals surface area contributed by atoms with E-state index in [1.54, 1.807) is 6.33 Å². The number of ether oxygens (including phenoxy) is 2. The Balaban J connectivity index is 1.31. The minimum Gasteiger partial charge on any atom is -0.471 e. The van der Waals surface area contributed by atoms with Crippen LogP contribution in [0.1, 0.15) is 26.8 Å². The van der Waals surface area contributed by atoms with Crippen LogP contribution in [0, 0.1) is 13.8 Å². The van der Waals surface area contributed by atoms with Gasteiger partial charge in [0.2, 0.25) is 5.88 Å². The Morgan fingerprint density at radius 1 is 1.19 bits per heavy atom. The lowest BCUT2D eigenvalue weighted by Crippen LogP contribution is -2.48. The predicted molar refractivity (Wildman–Crippen MR) is 119 cm³/mol. The van der Waals surface area contributed by atoms with Crippen LogP contribution in [0.25, 0.3) is 10.9 Å². The van der Waals surface area contributed by atoms with Crippen LogP contribution in [0.5, 0.6) is 5.88 Å². The maximum Gasteiger partial charge on any atom is 0.265 e. The SMILES string of the molecule is Cc1nc(C)c(C(=O)N2CCN(c3ccc4ncnc(OC5CCOC5)c4c3)CC2)s1. The molecular weight excluding hydrogens is 414 g/mol. The van der Waals surface area contributed by atoms with Crippen molar-refractivity contribution in [1.82, 2.24) is 19.9 Å². The van der Waals surface area contributed by atoms with Crippen LogP contribution < -0.4 is 9.64 Å². The van der Waals surface area contributed by atoms with Crippen LogP contribution in [0.4, 0.5) is 5.69 Å². The van der Waals surface area contributed by atoms with Gasteiger partial charge in [0.15, 0.2) is 0 Å². The fourth-order valence-corrected chi connectivity index (χ4v) is 5.00. The Kier molecular flexibility index (Phi) is 5.45. The molecule has 0 aliphatic carbocycles. The van der Waals surface area contributed by atoms with Crippen molar-refractivity contribution >= 4 is 33.8 Å². The average molecular weight is 440 g/mol. The van der Waals surface area contributed by atoms with Crippen molar-refractivity contribution in [2.75, 3.05) is 44.3 Å². The van der Waals surface area contributed by atoms with Gasteiger partial charge in [0.25, 0.3) is 5.91 Å². The second kappa shape index (κ2) is 8.39. The Hall–Kier alpha value is -2.78. The molecule has 2 aromatic heterocycles. The first-order valence-corrected chi connectivity index (χ1v) is 11.4. The van der Waals surface area contributed by atoms with Crippen molar-refractivity contribution in [2.24, 2.45) is 0 Å². The smallest absolute Gasteiger partial charge is 0.265 e. The number of hydrogen-bond donors (Lipinski definition) is 0. The van der Waals surface area contributed by atoms with E-state index in [2.05, 4.69) is 32.0 Å². The lowest BCUT2D eigenvalue weighted by atomic mass is 10.1. The first kappa shape index (κ1) is 20.1. The molecule has 2 aliphatic rings. The summed E-state index contributed by atoms with van der Waals surface area (Å²) in [7, 11) is 0. The highest BCUT2D eigenvalue weighted by molar-refractivity contribution is 7.13. The van der Waals surface area contributed by atoms with Crippen molar-refractivity contribution in [3.63, 3.8) is 0 Å². The molecule has 2 aliphatic heterocycles. The monoisotopic (exact) mass is 439 g/mol. The molecule has 0 bridgehead atoms. The van der Waals surface area contributed by atoms with Crippen LogP contribution in [0.2, 0.25) is 0 Å². The standard InChI is InChI=1S/C22H25N5O3S/c1-14-20(31-15(2)25-14)22(28)27-8-6-26(7-9-27)16-3-4-19-18(11-16)21(24-13-23-19)30-17-5-10-29-12-17/h3-4,11,13,17H,5-10,12H2,1-2H3. The van der Waals surface area contributed by atoms with Gasteiger partial charge in [-0.25, -0.2) is 15.0 Å². The summed E-state index contributed by atoms with van der Waals surface area (Å²) < 4.78 is 11.5. The molecule has 2 fully saturated rings. The van der Waals surface area contributed by atoms with E-state index in [-0.39, 0.29) is 12.0 Å². The summed E-state index contributed by atoms with van der Waals surface area (Å²) in [5.74, 6) is 0.691. The molecule has 3 aromatic rings. The van der Waals surface area contributed by atoms with E-state index >= 15 is 0 Å². The topological polar surface area (TPSA) is 80.7 Å². The third kappa shape index (κ3) is 4.07. The van der Waals surface area contributed by atoms with Gasteiger partial charge in [0.1, 0.15) is 17.3 Å². The molecule has 4 heterocycles. The number of nitrogens with zero attached hydrogens (tertiary/aromatic N) is 5. The summed E-state index contributed by atoms with van der Waals surface area (Å²) in [5.41, 5.74) is 2.77. The summed E-state index contributed by atoms with van der Waals surface area (Å²) in [4.78, 5) is 31.0. The van der Waals surface area contributed by atoms with Crippen LogP contribution in [0.15, 0.2) is 24.5 Å². The predicted octanol–water partition coefficient (Wildman–Crippen LogP) is 2.83. The number of fused-ring (bicyclic) bond motifs is 1. The van der Waals surface area contributed by atoms with Gasteiger partial charge in [-0.1, -0.05) is 0 Å². The highest BCUT2D eigenvalue weighted by atomic mass is 32.1. The van der Waals surface area contributed by atoms with Gasteiger partial charge in [-0.3, -0.25) is 4.79 Å². The first-order valence-electron chi connectivity index (χ1n) is 10.6. The summed E-state index contributed by atoms with van der Waals surface area (Å²) in [5, 5.41) is 1.83. The van der Waals surface area contributed by atoms with Gasteiger partial charge in [0, 0.05) is 38.3 Å². The van der Waals surface area contributed by atoms with E-state index in [1.807, 2.05) is 24.8 Å². The van der Waals surface area contributed by atoms with E-state index in [0.717, 1.165) is 58.3 Å². The second-order valence-corrected chi connectivity index (χ2v) is 9.11. The Labute approximate surface area is 184 Å². The van der Waals surface area contributed by atoms with Crippen molar-refractivity contribution < 1.29 is 14.3 Å². The van der Waals surface area contributed by atoms with E-state index < -0.39 is 0 Å². The molecule has 1 atom stereocenters. The van der Waals surface area contributed by atoms with Crippen molar-refractivity contribution in [3.05, 3.63) is 40.1 Å². The molecule has 1 amide bonds. The van der Waals surface area contributed by atoms with E-state index in [4.69, 9.17) is 9.47 Å². The molecule has 8 nitrogen and oxygen atoms in total. The lowest BCUT2D eigenvalue weighted by molar-refractivity contribution is 0.0750. The van der Waals surface area contributed by atoms with Gasteiger partial charge >= 0.3 is 0 Å². The summed E-state index contributed by atoms with van der Waals surface area (Å²) >= 11 is 1.48. The molecule has 31 heavy (non-hydrogen) atoms. The molecule has 9 heteroatoms. The number of aromatic nitrogens is 3. The average Bonchev–Trinajstić information content (AvgIpc) is 3.42. The van der Waals surface area contributed by atoms with Crippen LogP contribution in [-0.2, 0) is 4.74 Å². The zero-order valence-corrected chi connectivity index (χ0v) is 18.5. The summed E-state index contributed by atoms with van der Waals surface area (Å²) in [6, 6.07) is 6.17. The number of piperazine rings is 1. The molecule has 0 radical (unpaired) electrons. The number of carbonyl (C=O) groups excluding carboxylic acids is 1. The minimum absolute atomic E-state index is 0.0372. The molecule has 0 saturated carbocycles. The third-order valence-electron chi connectivity index (χ3n) is 5.78. The van der Waals surface area contributed by atoms with Crippen LogP contribution >= 0.6 is 11.3 Å². The largest absolute Gasteiger partial charge is 0.471 e. The van der Waals surface area contributed by atoms with Gasteiger partial charge in [-0.2, -0.15) is 0 Å². The maximum absolute atomic E-state index is 12.9. The fraction of sp³-hybridized carbons (Fsp3) is 0.455. The highest BCUT2D eigenvalue weighted by Gasteiger charge is 2.26. The molecule has 1 aromatic carbocycles. The van der Waals surface area contributed by atoms with Crippen molar-refractivity contribution in [2.45, 2.75) is 26.4 Å². The zero-order chi connectivity index (χ0) is 21.4. The summed E-state index contributed by atoms with van der Waals surface area (Å²) in [6.45, 7) is 8.07. The number of aryl methyl sites for hydroxylation is 2. The number of anilines is 1. The fourth-order valence-electron chi connectivity index (χ4n) is 4.12. The number of thiazole rings is 1. The van der Waals surface area contributed by atoms with Gasteiger partial charge in [0.05, 0.1) is 34.8 Å². The quantitative estimate of drug-likeness (QED) is 0.618. The number of carbonyl (C=O) groups is 1. The van der Waals surface area contributed by atoms with Crippen LogP contribution in [-0.4, -0.2) is 71.3 Å². The van der Waals surface area contributed by atoms with Crippen molar-refractivity contribution in [1.29, 1.82) is 0 Å². The highest BCUT2D eigenvalue weighted by Crippen LogP contribution is 2.29. The Bertz CT molecular complexity index is 1100. The normalized spacial score (nSPS) is 19.2. The minimum atomic E-state index is 0.0372. The van der Waals surface area contributed by atoms with E-state index in [9.17, 15) is 4.79 Å².